The Morgan fingerprint density at radius 2 is 2.00 bits per heavy atom. The molecule has 0 radical (unpaired) electrons. The predicted octanol–water partition coefficient (Wildman–Crippen LogP) is 3.85. The summed E-state index contributed by atoms with van der Waals surface area (Å²) in [6, 6.07) is 12.6. The Morgan fingerprint density at radius 1 is 1.26 bits per heavy atom. The number of hydrogen-bond donors (Lipinski definition) is 0. The number of methoxy groups -OCH3 is 1. The Hall–Kier alpha value is -2.67. The van der Waals surface area contributed by atoms with E-state index in [0.29, 0.717) is 6.54 Å². The smallest absolute Gasteiger partial charge is 0.270 e. The van der Waals surface area contributed by atoms with E-state index in [9.17, 15) is 10.1 Å². The zero-order chi connectivity index (χ0) is 16.4. The fourth-order valence-electron chi connectivity index (χ4n) is 2.25. The van der Waals surface area contributed by atoms with Gasteiger partial charge >= 0.3 is 0 Å². The van der Waals surface area contributed by atoms with E-state index in [-0.39, 0.29) is 10.6 Å². The largest absolute Gasteiger partial charge is 0.497 e. The molecule has 0 aliphatic rings. The van der Waals surface area contributed by atoms with Crippen LogP contribution in [0.1, 0.15) is 5.56 Å². The SMILES string of the molecule is COc1ccc(CN(C)c2nc3ccc([N+](=O)[O-])cc3s2)cc1. The van der Waals surface area contributed by atoms with Gasteiger partial charge in [-0.05, 0) is 23.8 Å². The van der Waals surface area contributed by atoms with Crippen molar-refractivity contribution in [2.75, 3.05) is 19.1 Å². The van der Waals surface area contributed by atoms with Crippen LogP contribution in [0.4, 0.5) is 10.8 Å². The van der Waals surface area contributed by atoms with E-state index in [4.69, 9.17) is 4.74 Å². The van der Waals surface area contributed by atoms with Gasteiger partial charge in [0.1, 0.15) is 5.75 Å². The minimum atomic E-state index is -0.389. The molecule has 2 aromatic carbocycles. The summed E-state index contributed by atoms with van der Waals surface area (Å²) in [4.78, 5) is 17.0. The fourth-order valence-corrected chi connectivity index (χ4v) is 3.21. The van der Waals surface area contributed by atoms with Crippen molar-refractivity contribution in [3.63, 3.8) is 0 Å². The van der Waals surface area contributed by atoms with Gasteiger partial charge in [0.15, 0.2) is 5.13 Å². The molecule has 6 nitrogen and oxygen atoms in total. The zero-order valence-corrected chi connectivity index (χ0v) is 13.5. The fraction of sp³-hybridized carbons (Fsp3) is 0.188. The van der Waals surface area contributed by atoms with Gasteiger partial charge in [0, 0.05) is 25.7 Å². The van der Waals surface area contributed by atoms with Gasteiger partial charge in [0.25, 0.3) is 5.69 Å². The molecule has 0 N–H and O–H groups in total. The van der Waals surface area contributed by atoms with Crippen LogP contribution in [0.3, 0.4) is 0 Å². The number of nitrogens with zero attached hydrogens (tertiary/aromatic N) is 3. The average Bonchev–Trinajstić information content (AvgIpc) is 2.98. The minimum absolute atomic E-state index is 0.0884. The molecule has 23 heavy (non-hydrogen) atoms. The van der Waals surface area contributed by atoms with Crippen molar-refractivity contribution in [1.82, 2.24) is 4.98 Å². The summed E-state index contributed by atoms with van der Waals surface area (Å²) in [5.74, 6) is 0.823. The summed E-state index contributed by atoms with van der Waals surface area (Å²) >= 11 is 1.45. The molecule has 0 saturated heterocycles. The highest BCUT2D eigenvalue weighted by Crippen LogP contribution is 2.31. The van der Waals surface area contributed by atoms with Crippen LogP contribution in [0.5, 0.6) is 5.75 Å². The van der Waals surface area contributed by atoms with E-state index in [1.54, 1.807) is 19.2 Å². The number of hydrogen-bond acceptors (Lipinski definition) is 6. The van der Waals surface area contributed by atoms with Crippen LogP contribution in [-0.4, -0.2) is 24.1 Å². The van der Waals surface area contributed by atoms with Gasteiger partial charge in [-0.3, -0.25) is 10.1 Å². The normalized spacial score (nSPS) is 10.7. The quantitative estimate of drug-likeness (QED) is 0.525. The van der Waals surface area contributed by atoms with Crippen molar-refractivity contribution in [1.29, 1.82) is 0 Å². The van der Waals surface area contributed by atoms with Gasteiger partial charge in [0.2, 0.25) is 0 Å². The molecule has 0 bridgehead atoms. The first-order chi connectivity index (χ1) is 11.1. The van der Waals surface area contributed by atoms with Crippen molar-refractivity contribution in [3.05, 3.63) is 58.1 Å². The van der Waals surface area contributed by atoms with Crippen LogP contribution in [0.15, 0.2) is 42.5 Å². The Morgan fingerprint density at radius 3 is 2.65 bits per heavy atom. The van der Waals surface area contributed by atoms with Crippen LogP contribution < -0.4 is 9.64 Å². The Kier molecular flexibility index (Phi) is 4.12. The highest BCUT2D eigenvalue weighted by Gasteiger charge is 2.12. The Labute approximate surface area is 137 Å². The number of fused-ring (bicyclic) bond motifs is 1. The highest BCUT2D eigenvalue weighted by atomic mass is 32.1. The van der Waals surface area contributed by atoms with Crippen molar-refractivity contribution < 1.29 is 9.66 Å². The Bertz CT molecular complexity index is 845. The van der Waals surface area contributed by atoms with Gasteiger partial charge in [-0.25, -0.2) is 4.98 Å². The number of nitro groups is 1. The van der Waals surface area contributed by atoms with Gasteiger partial charge in [0.05, 0.1) is 22.2 Å². The third-order valence-corrected chi connectivity index (χ3v) is 4.61. The minimum Gasteiger partial charge on any atom is -0.497 e. The molecule has 0 aliphatic heterocycles. The van der Waals surface area contributed by atoms with Crippen LogP contribution in [0.2, 0.25) is 0 Å². The van der Waals surface area contributed by atoms with Crippen molar-refractivity contribution in [2.45, 2.75) is 6.54 Å². The predicted molar refractivity (Wildman–Crippen MR) is 91.4 cm³/mol. The third kappa shape index (κ3) is 3.24. The maximum absolute atomic E-state index is 10.8. The molecule has 1 aromatic heterocycles. The van der Waals surface area contributed by atoms with E-state index >= 15 is 0 Å². The average molecular weight is 329 g/mol. The topological polar surface area (TPSA) is 68.5 Å². The first-order valence-electron chi connectivity index (χ1n) is 6.96. The summed E-state index contributed by atoms with van der Waals surface area (Å²) in [6.07, 6.45) is 0. The van der Waals surface area contributed by atoms with Crippen molar-refractivity contribution in [2.24, 2.45) is 0 Å². The molecule has 0 spiro atoms. The lowest BCUT2D eigenvalue weighted by Crippen LogP contribution is -2.15. The van der Waals surface area contributed by atoms with Crippen LogP contribution >= 0.6 is 11.3 Å². The first kappa shape index (κ1) is 15.2. The molecule has 0 unspecified atom stereocenters. The zero-order valence-electron chi connectivity index (χ0n) is 12.7. The lowest BCUT2D eigenvalue weighted by molar-refractivity contribution is -0.384. The second-order valence-electron chi connectivity index (χ2n) is 5.11. The van der Waals surface area contributed by atoms with Crippen molar-refractivity contribution in [3.8, 4) is 5.75 Å². The molecule has 0 amide bonds. The monoisotopic (exact) mass is 329 g/mol. The molecule has 1 heterocycles. The highest BCUT2D eigenvalue weighted by molar-refractivity contribution is 7.22. The number of nitro benzene ring substituents is 1. The maximum Gasteiger partial charge on any atom is 0.270 e. The summed E-state index contributed by atoms with van der Waals surface area (Å²) in [5.41, 5.74) is 2.00. The van der Waals surface area contributed by atoms with Crippen LogP contribution in [-0.2, 0) is 6.54 Å². The summed E-state index contributed by atoms with van der Waals surface area (Å²) in [7, 11) is 3.60. The lowest BCUT2D eigenvalue weighted by Gasteiger charge is -2.15. The van der Waals surface area contributed by atoms with E-state index in [1.165, 1.54) is 17.4 Å². The molecule has 7 heteroatoms. The summed E-state index contributed by atoms with van der Waals surface area (Å²) < 4.78 is 5.97. The van der Waals surface area contributed by atoms with Crippen molar-refractivity contribution >= 4 is 32.4 Å². The van der Waals surface area contributed by atoms with Gasteiger partial charge in [-0.1, -0.05) is 23.5 Å². The molecule has 3 aromatic rings. The standard InChI is InChI=1S/C16H15N3O3S/c1-18(10-11-3-6-13(22-2)7-4-11)16-17-14-8-5-12(19(20)21)9-15(14)23-16/h3-9H,10H2,1-2H3. The van der Waals surface area contributed by atoms with Crippen LogP contribution in [0, 0.1) is 10.1 Å². The molecule has 118 valence electrons. The number of anilines is 1. The maximum atomic E-state index is 10.8. The Balaban J connectivity index is 1.82. The molecule has 0 saturated carbocycles. The van der Waals surface area contributed by atoms with Gasteiger partial charge in [-0.15, -0.1) is 0 Å². The number of non-ortho nitro benzene ring substituents is 1. The van der Waals surface area contributed by atoms with E-state index in [0.717, 1.165) is 26.7 Å². The van der Waals surface area contributed by atoms with Crippen LogP contribution in [0.25, 0.3) is 10.2 Å². The van der Waals surface area contributed by atoms with E-state index in [2.05, 4.69) is 4.98 Å². The molecule has 0 atom stereocenters. The number of rotatable bonds is 5. The molecular weight excluding hydrogens is 314 g/mol. The summed E-state index contributed by atoms with van der Waals surface area (Å²) in [6.45, 7) is 0.700. The molecule has 0 fully saturated rings. The van der Waals surface area contributed by atoms with Gasteiger partial charge < -0.3 is 9.64 Å². The molecule has 3 rings (SSSR count). The number of aromatic nitrogens is 1. The third-order valence-electron chi connectivity index (χ3n) is 3.48. The second kappa shape index (κ2) is 6.21. The van der Waals surface area contributed by atoms with E-state index < -0.39 is 0 Å². The lowest BCUT2D eigenvalue weighted by atomic mass is 10.2. The molecular formula is C16H15N3O3S. The summed E-state index contributed by atoms with van der Waals surface area (Å²) in [5, 5.41) is 11.7. The molecule has 0 aliphatic carbocycles. The van der Waals surface area contributed by atoms with E-state index in [1.807, 2.05) is 36.2 Å². The number of thiazole rings is 1. The number of ether oxygens (including phenoxy) is 1. The van der Waals surface area contributed by atoms with Gasteiger partial charge in [-0.2, -0.15) is 0 Å². The first-order valence-corrected chi connectivity index (χ1v) is 7.77. The second-order valence-corrected chi connectivity index (χ2v) is 6.12. The number of benzene rings is 2.